The van der Waals surface area contributed by atoms with E-state index in [1.54, 1.807) is 29.2 Å². The van der Waals surface area contributed by atoms with Crippen LogP contribution in [-0.4, -0.2) is 35.2 Å². The van der Waals surface area contributed by atoms with Crippen molar-refractivity contribution in [1.29, 1.82) is 0 Å². The standard InChI is InChI=1S/C15H23N3O2/c16-12-6-8-13(9-7-12)17-15(20)18(10-11-19)14-4-2-1-3-5-14/h6-9,14,19H,1-5,10-11,16H2,(H,17,20). The molecule has 1 aliphatic carbocycles. The molecule has 1 aliphatic rings. The highest BCUT2D eigenvalue weighted by Gasteiger charge is 2.24. The van der Waals surface area contributed by atoms with Crippen molar-refractivity contribution in [2.75, 3.05) is 24.2 Å². The van der Waals surface area contributed by atoms with Crippen LogP contribution in [0, 0.1) is 0 Å². The molecule has 1 saturated carbocycles. The second kappa shape index (κ2) is 7.14. The number of rotatable bonds is 4. The second-order valence-electron chi connectivity index (χ2n) is 5.26. The number of amides is 2. The van der Waals surface area contributed by atoms with Gasteiger partial charge < -0.3 is 21.1 Å². The minimum Gasteiger partial charge on any atom is -0.399 e. The third kappa shape index (κ3) is 3.87. The summed E-state index contributed by atoms with van der Waals surface area (Å²) in [6, 6.07) is 7.18. The molecule has 0 heterocycles. The summed E-state index contributed by atoms with van der Waals surface area (Å²) in [5, 5.41) is 12.1. The molecule has 110 valence electrons. The van der Waals surface area contributed by atoms with Gasteiger partial charge in [0.2, 0.25) is 0 Å². The van der Waals surface area contributed by atoms with Crippen LogP contribution in [0.5, 0.6) is 0 Å². The van der Waals surface area contributed by atoms with E-state index in [0.717, 1.165) is 31.4 Å². The first-order valence-corrected chi connectivity index (χ1v) is 7.24. The lowest BCUT2D eigenvalue weighted by Gasteiger charge is -2.34. The van der Waals surface area contributed by atoms with Crippen molar-refractivity contribution in [1.82, 2.24) is 4.90 Å². The van der Waals surface area contributed by atoms with Gasteiger partial charge in [-0.15, -0.1) is 0 Å². The summed E-state index contributed by atoms with van der Waals surface area (Å²) in [6.07, 6.45) is 5.59. The number of nitrogens with one attached hydrogen (secondary N) is 1. The SMILES string of the molecule is Nc1ccc(NC(=O)N(CCO)C2CCCCC2)cc1. The Kier molecular flexibility index (Phi) is 5.24. The van der Waals surface area contributed by atoms with Crippen LogP contribution in [0.1, 0.15) is 32.1 Å². The minimum absolute atomic E-state index is 0.00828. The first kappa shape index (κ1) is 14.7. The lowest BCUT2D eigenvalue weighted by atomic mass is 9.94. The Morgan fingerprint density at radius 1 is 1.25 bits per heavy atom. The van der Waals surface area contributed by atoms with Gasteiger partial charge in [0.15, 0.2) is 0 Å². The number of nitrogen functional groups attached to an aromatic ring is 1. The van der Waals surface area contributed by atoms with E-state index in [1.165, 1.54) is 6.42 Å². The lowest BCUT2D eigenvalue weighted by molar-refractivity contribution is 0.144. The van der Waals surface area contributed by atoms with Crippen molar-refractivity contribution in [3.8, 4) is 0 Å². The van der Waals surface area contributed by atoms with Crippen LogP contribution in [0.25, 0.3) is 0 Å². The van der Waals surface area contributed by atoms with Crippen LogP contribution in [0.4, 0.5) is 16.2 Å². The van der Waals surface area contributed by atoms with Gasteiger partial charge in [0.25, 0.3) is 0 Å². The van der Waals surface area contributed by atoms with Crippen molar-refractivity contribution >= 4 is 17.4 Å². The Morgan fingerprint density at radius 2 is 1.90 bits per heavy atom. The van der Waals surface area contributed by atoms with Crippen molar-refractivity contribution in [2.24, 2.45) is 0 Å². The predicted octanol–water partition coefficient (Wildman–Crippen LogP) is 2.43. The molecule has 0 radical (unpaired) electrons. The number of hydrogen-bond acceptors (Lipinski definition) is 3. The molecule has 20 heavy (non-hydrogen) atoms. The van der Waals surface area contributed by atoms with Gasteiger partial charge in [0, 0.05) is 24.0 Å². The summed E-state index contributed by atoms with van der Waals surface area (Å²) in [7, 11) is 0. The number of aliphatic hydroxyl groups is 1. The van der Waals surface area contributed by atoms with Gasteiger partial charge in [-0.05, 0) is 37.1 Å². The predicted molar refractivity (Wildman–Crippen MR) is 80.5 cm³/mol. The molecule has 5 heteroatoms. The molecule has 0 spiro atoms. The van der Waals surface area contributed by atoms with Gasteiger partial charge in [-0.2, -0.15) is 0 Å². The van der Waals surface area contributed by atoms with E-state index in [2.05, 4.69) is 5.32 Å². The van der Waals surface area contributed by atoms with E-state index >= 15 is 0 Å². The number of nitrogens with two attached hydrogens (primary N) is 1. The number of carbonyl (C=O) groups excluding carboxylic acids is 1. The van der Waals surface area contributed by atoms with Crippen molar-refractivity contribution in [2.45, 2.75) is 38.1 Å². The Bertz CT molecular complexity index is 427. The van der Waals surface area contributed by atoms with Gasteiger partial charge in [-0.3, -0.25) is 0 Å². The van der Waals surface area contributed by atoms with E-state index in [4.69, 9.17) is 5.73 Å². The van der Waals surface area contributed by atoms with E-state index in [0.29, 0.717) is 12.2 Å². The van der Waals surface area contributed by atoms with Crippen LogP contribution in [-0.2, 0) is 0 Å². The molecule has 0 atom stereocenters. The number of aliphatic hydroxyl groups excluding tert-OH is 1. The molecule has 2 amide bonds. The number of carbonyl (C=O) groups is 1. The highest BCUT2D eigenvalue weighted by Crippen LogP contribution is 2.23. The number of urea groups is 1. The van der Waals surface area contributed by atoms with E-state index < -0.39 is 0 Å². The van der Waals surface area contributed by atoms with E-state index in [9.17, 15) is 9.90 Å². The number of hydrogen-bond donors (Lipinski definition) is 3. The normalized spacial score (nSPS) is 15.8. The molecule has 0 aliphatic heterocycles. The van der Waals surface area contributed by atoms with E-state index in [-0.39, 0.29) is 18.7 Å². The van der Waals surface area contributed by atoms with E-state index in [1.807, 2.05) is 0 Å². The molecule has 1 aromatic carbocycles. The van der Waals surface area contributed by atoms with Gasteiger partial charge in [-0.25, -0.2) is 4.79 Å². The molecule has 4 N–H and O–H groups in total. The monoisotopic (exact) mass is 277 g/mol. The fourth-order valence-electron chi connectivity index (χ4n) is 2.71. The number of benzene rings is 1. The molecule has 0 bridgehead atoms. The average Bonchev–Trinajstić information content (AvgIpc) is 2.48. The van der Waals surface area contributed by atoms with Crippen molar-refractivity contribution in [3.05, 3.63) is 24.3 Å². The van der Waals surface area contributed by atoms with Crippen molar-refractivity contribution < 1.29 is 9.90 Å². The van der Waals surface area contributed by atoms with Crippen molar-refractivity contribution in [3.63, 3.8) is 0 Å². The zero-order valence-corrected chi connectivity index (χ0v) is 11.7. The Balaban J connectivity index is 2.00. The summed E-state index contributed by atoms with van der Waals surface area (Å²) in [4.78, 5) is 14.1. The van der Waals surface area contributed by atoms with Crippen LogP contribution in [0.3, 0.4) is 0 Å². The third-order valence-electron chi connectivity index (χ3n) is 3.78. The third-order valence-corrected chi connectivity index (χ3v) is 3.78. The molecular weight excluding hydrogens is 254 g/mol. The van der Waals surface area contributed by atoms with Crippen LogP contribution < -0.4 is 11.1 Å². The topological polar surface area (TPSA) is 78.6 Å². The van der Waals surface area contributed by atoms with Crippen LogP contribution in [0.2, 0.25) is 0 Å². The Morgan fingerprint density at radius 3 is 2.50 bits per heavy atom. The molecule has 5 nitrogen and oxygen atoms in total. The molecule has 1 aromatic rings. The number of nitrogens with zero attached hydrogens (tertiary/aromatic N) is 1. The Hall–Kier alpha value is -1.75. The molecule has 0 unspecified atom stereocenters. The maximum Gasteiger partial charge on any atom is 0.322 e. The summed E-state index contributed by atoms with van der Waals surface area (Å²) < 4.78 is 0. The molecule has 0 saturated heterocycles. The first-order valence-electron chi connectivity index (χ1n) is 7.24. The molecule has 0 aromatic heterocycles. The summed E-state index contributed by atoms with van der Waals surface area (Å²) in [6.45, 7) is 0.372. The molecule has 1 fully saturated rings. The highest BCUT2D eigenvalue weighted by atomic mass is 16.3. The minimum atomic E-state index is -0.143. The summed E-state index contributed by atoms with van der Waals surface area (Å²) >= 11 is 0. The highest BCUT2D eigenvalue weighted by molar-refractivity contribution is 5.89. The fourth-order valence-corrected chi connectivity index (χ4v) is 2.71. The molecule has 2 rings (SSSR count). The number of anilines is 2. The zero-order chi connectivity index (χ0) is 14.4. The average molecular weight is 277 g/mol. The Labute approximate surface area is 119 Å². The fraction of sp³-hybridized carbons (Fsp3) is 0.533. The van der Waals surface area contributed by atoms with Gasteiger partial charge in [0.05, 0.1) is 6.61 Å². The second-order valence-corrected chi connectivity index (χ2v) is 5.26. The van der Waals surface area contributed by atoms with Gasteiger partial charge in [-0.1, -0.05) is 19.3 Å². The zero-order valence-electron chi connectivity index (χ0n) is 11.7. The lowest BCUT2D eigenvalue weighted by Crippen LogP contribution is -2.45. The molecular formula is C15H23N3O2. The van der Waals surface area contributed by atoms with Gasteiger partial charge >= 0.3 is 6.03 Å². The van der Waals surface area contributed by atoms with Crippen LogP contribution >= 0.6 is 0 Å². The van der Waals surface area contributed by atoms with Crippen LogP contribution in [0.15, 0.2) is 24.3 Å². The largest absolute Gasteiger partial charge is 0.399 e. The quantitative estimate of drug-likeness (QED) is 0.740. The summed E-state index contributed by atoms with van der Waals surface area (Å²) in [5.41, 5.74) is 7.02. The first-order chi connectivity index (χ1) is 9.70. The summed E-state index contributed by atoms with van der Waals surface area (Å²) in [5.74, 6) is 0. The smallest absolute Gasteiger partial charge is 0.322 e. The maximum absolute atomic E-state index is 12.4. The maximum atomic E-state index is 12.4. The van der Waals surface area contributed by atoms with Gasteiger partial charge in [0.1, 0.15) is 0 Å².